The summed E-state index contributed by atoms with van der Waals surface area (Å²) in [6.45, 7) is 5.39. The lowest BCUT2D eigenvalue weighted by molar-refractivity contribution is -0.148. The van der Waals surface area contributed by atoms with Crippen LogP contribution >= 0.6 is 34.4 Å². The highest BCUT2D eigenvalue weighted by Crippen LogP contribution is 2.37. The van der Waals surface area contributed by atoms with E-state index >= 15 is 0 Å². The third kappa shape index (κ3) is 4.64. The van der Waals surface area contributed by atoms with E-state index in [0.717, 1.165) is 20.2 Å². The number of ether oxygens (including phenoxy) is 3. The number of methoxy groups -OCH3 is 2. The number of benzene rings is 1. The molecule has 7 nitrogen and oxygen atoms in total. The van der Waals surface area contributed by atoms with Crippen LogP contribution in [0.4, 0.5) is 4.79 Å². The topological polar surface area (TPSA) is 82.1 Å². The average molecular weight is 503 g/mol. The summed E-state index contributed by atoms with van der Waals surface area (Å²) < 4.78 is 16.4. The van der Waals surface area contributed by atoms with Crippen molar-refractivity contribution in [2.75, 3.05) is 20.8 Å². The lowest BCUT2D eigenvalue weighted by Gasteiger charge is -2.18. The number of hydrogen-bond donors (Lipinski definition) is 0. The van der Waals surface area contributed by atoms with Gasteiger partial charge in [0.15, 0.2) is 11.5 Å². The maximum Gasteiger partial charge on any atom is 0.328 e. The van der Waals surface area contributed by atoms with Gasteiger partial charge in [-0.15, -0.1) is 0 Å². The molecule has 0 bridgehead atoms. The van der Waals surface area contributed by atoms with E-state index in [1.165, 1.54) is 21.1 Å². The molecule has 0 spiro atoms. The van der Waals surface area contributed by atoms with Crippen molar-refractivity contribution in [2.45, 2.75) is 13.0 Å². The van der Waals surface area contributed by atoms with Crippen molar-refractivity contribution in [3.05, 3.63) is 38.8 Å². The number of amides is 2. The van der Waals surface area contributed by atoms with Gasteiger partial charge in [-0.25, -0.2) is 4.79 Å². The first-order chi connectivity index (χ1) is 12.8. The van der Waals surface area contributed by atoms with Crippen molar-refractivity contribution in [2.24, 2.45) is 0 Å². The smallest absolute Gasteiger partial charge is 0.328 e. The molecule has 1 aliphatic rings. The summed E-state index contributed by atoms with van der Waals surface area (Å²) in [7, 11) is 2.72. The third-order valence-corrected chi connectivity index (χ3v) is 5.33. The molecule has 1 aromatic carbocycles. The first kappa shape index (κ1) is 21.3. The number of thioether (sulfide) groups is 1. The molecule has 2 rings (SSSR count). The summed E-state index contributed by atoms with van der Waals surface area (Å²) in [6, 6.07) is 2.52. The standard InChI is InChI=1S/C18H18INO6S/c1-5-6-26-15-12(19)7-11(8-13(15)24-3)9-14-16(21)20(18(23)27-14)10(2)17(22)25-4/h5,7-10H,1,6H2,2-4H3/b14-9-. The van der Waals surface area contributed by atoms with E-state index in [-0.39, 0.29) is 4.91 Å². The van der Waals surface area contributed by atoms with E-state index in [2.05, 4.69) is 33.9 Å². The van der Waals surface area contributed by atoms with Crippen LogP contribution in [0.3, 0.4) is 0 Å². The molecule has 1 aliphatic heterocycles. The first-order valence-electron chi connectivity index (χ1n) is 7.80. The van der Waals surface area contributed by atoms with Crippen LogP contribution < -0.4 is 9.47 Å². The molecule has 9 heteroatoms. The van der Waals surface area contributed by atoms with Gasteiger partial charge >= 0.3 is 5.97 Å². The van der Waals surface area contributed by atoms with Crippen LogP contribution in [0.25, 0.3) is 6.08 Å². The predicted molar refractivity (Wildman–Crippen MR) is 111 cm³/mol. The predicted octanol–water partition coefficient (Wildman–Crippen LogP) is 3.46. The van der Waals surface area contributed by atoms with Gasteiger partial charge in [-0.2, -0.15) is 0 Å². The molecule has 1 fully saturated rings. The summed E-state index contributed by atoms with van der Waals surface area (Å²) in [5.41, 5.74) is 0.665. The molecular weight excluding hydrogens is 485 g/mol. The Kier molecular flexibility index (Phi) is 7.31. The highest BCUT2D eigenvalue weighted by atomic mass is 127. The Morgan fingerprint density at radius 1 is 1.37 bits per heavy atom. The minimum atomic E-state index is -0.988. The zero-order valence-corrected chi connectivity index (χ0v) is 18.0. The molecule has 0 N–H and O–H groups in total. The van der Waals surface area contributed by atoms with Crippen molar-refractivity contribution >= 4 is 57.5 Å². The summed E-state index contributed by atoms with van der Waals surface area (Å²) in [6.07, 6.45) is 3.21. The Hall–Kier alpha value is -2.01. The van der Waals surface area contributed by atoms with Gasteiger partial charge in [-0.3, -0.25) is 14.5 Å². The molecule has 0 aromatic heterocycles. The Morgan fingerprint density at radius 2 is 2.07 bits per heavy atom. The maximum atomic E-state index is 12.6. The van der Waals surface area contributed by atoms with Gasteiger partial charge in [0, 0.05) is 0 Å². The number of carbonyl (C=O) groups excluding carboxylic acids is 3. The van der Waals surface area contributed by atoms with Crippen LogP contribution in [-0.2, 0) is 14.3 Å². The summed E-state index contributed by atoms with van der Waals surface area (Å²) in [5.74, 6) is -0.123. The van der Waals surface area contributed by atoms with Crippen molar-refractivity contribution < 1.29 is 28.6 Å². The van der Waals surface area contributed by atoms with Crippen molar-refractivity contribution in [3.8, 4) is 11.5 Å². The lowest BCUT2D eigenvalue weighted by atomic mass is 10.1. The Morgan fingerprint density at radius 3 is 2.67 bits per heavy atom. The van der Waals surface area contributed by atoms with Gasteiger partial charge < -0.3 is 14.2 Å². The van der Waals surface area contributed by atoms with Crippen LogP contribution in [0, 0.1) is 3.57 Å². The number of halogens is 1. The van der Waals surface area contributed by atoms with E-state index in [0.29, 0.717) is 23.7 Å². The monoisotopic (exact) mass is 503 g/mol. The van der Waals surface area contributed by atoms with Crippen LogP contribution in [0.5, 0.6) is 11.5 Å². The number of carbonyl (C=O) groups is 3. The Balaban J connectivity index is 2.35. The number of esters is 1. The molecule has 2 amide bonds. The zero-order chi connectivity index (χ0) is 20.1. The van der Waals surface area contributed by atoms with Gasteiger partial charge in [0.05, 0.1) is 22.7 Å². The number of imide groups is 1. The van der Waals surface area contributed by atoms with Gasteiger partial charge in [-0.05, 0) is 65.0 Å². The van der Waals surface area contributed by atoms with Crippen LogP contribution in [0.2, 0.25) is 0 Å². The Labute approximate surface area is 174 Å². The summed E-state index contributed by atoms with van der Waals surface area (Å²) in [5, 5.41) is -0.517. The molecular formula is C18H18INO6S. The van der Waals surface area contributed by atoms with E-state index < -0.39 is 23.2 Å². The fourth-order valence-corrected chi connectivity index (χ4v) is 4.04. The SMILES string of the molecule is C=CCOc1c(I)cc(/C=C2\SC(=O)N(C(C)C(=O)OC)C2=O)cc1OC. The van der Waals surface area contributed by atoms with Crippen molar-refractivity contribution in [1.29, 1.82) is 0 Å². The molecule has 1 heterocycles. The minimum Gasteiger partial charge on any atom is -0.493 e. The highest BCUT2D eigenvalue weighted by molar-refractivity contribution is 14.1. The van der Waals surface area contributed by atoms with Gasteiger partial charge in [0.2, 0.25) is 0 Å². The van der Waals surface area contributed by atoms with Gasteiger partial charge in [0.1, 0.15) is 12.6 Å². The van der Waals surface area contributed by atoms with E-state index in [1.54, 1.807) is 24.3 Å². The van der Waals surface area contributed by atoms with Crippen LogP contribution in [0.1, 0.15) is 12.5 Å². The summed E-state index contributed by atoms with van der Waals surface area (Å²) >= 11 is 2.87. The minimum absolute atomic E-state index is 0.216. The van der Waals surface area contributed by atoms with Gasteiger partial charge in [0.25, 0.3) is 11.1 Å². The van der Waals surface area contributed by atoms with E-state index in [1.807, 2.05) is 0 Å². The lowest BCUT2D eigenvalue weighted by Crippen LogP contribution is -2.42. The molecule has 0 aliphatic carbocycles. The second-order valence-corrected chi connectivity index (χ2v) is 7.54. The molecule has 0 saturated carbocycles. The van der Waals surface area contributed by atoms with Crippen LogP contribution in [-0.4, -0.2) is 48.9 Å². The Bertz CT molecular complexity index is 822. The second-order valence-electron chi connectivity index (χ2n) is 5.38. The molecule has 0 radical (unpaired) electrons. The first-order valence-corrected chi connectivity index (χ1v) is 9.69. The fourth-order valence-electron chi connectivity index (χ4n) is 2.35. The largest absolute Gasteiger partial charge is 0.493 e. The number of nitrogens with zero attached hydrogens (tertiary/aromatic N) is 1. The maximum absolute atomic E-state index is 12.6. The normalized spacial score (nSPS) is 16.4. The zero-order valence-electron chi connectivity index (χ0n) is 15.0. The molecule has 1 aromatic rings. The molecule has 1 saturated heterocycles. The van der Waals surface area contributed by atoms with Crippen molar-refractivity contribution in [1.82, 2.24) is 4.90 Å². The second kappa shape index (κ2) is 9.27. The third-order valence-electron chi connectivity index (χ3n) is 3.65. The van der Waals surface area contributed by atoms with E-state index in [4.69, 9.17) is 9.47 Å². The fraction of sp³-hybridized carbons (Fsp3) is 0.278. The van der Waals surface area contributed by atoms with Crippen molar-refractivity contribution in [3.63, 3.8) is 0 Å². The number of hydrogen-bond acceptors (Lipinski definition) is 7. The molecule has 27 heavy (non-hydrogen) atoms. The van der Waals surface area contributed by atoms with Crippen LogP contribution in [0.15, 0.2) is 29.7 Å². The van der Waals surface area contributed by atoms with Gasteiger partial charge in [-0.1, -0.05) is 12.7 Å². The summed E-state index contributed by atoms with van der Waals surface area (Å²) in [4.78, 5) is 37.5. The molecule has 1 atom stereocenters. The highest BCUT2D eigenvalue weighted by Gasteiger charge is 2.41. The average Bonchev–Trinajstić information content (AvgIpc) is 2.92. The molecule has 1 unspecified atom stereocenters. The molecule has 144 valence electrons. The quantitative estimate of drug-likeness (QED) is 0.244. The number of rotatable bonds is 7. The van der Waals surface area contributed by atoms with E-state index in [9.17, 15) is 14.4 Å².